The molecule has 0 saturated heterocycles. The quantitative estimate of drug-likeness (QED) is 0.343. The number of nitrogens with zero attached hydrogens (tertiary/aromatic N) is 1. The molecule has 0 bridgehead atoms. The fraction of sp³-hybridized carbons (Fsp3) is 0.185. The predicted molar refractivity (Wildman–Crippen MR) is 133 cm³/mol. The van der Waals surface area contributed by atoms with Crippen LogP contribution in [0.15, 0.2) is 80.4 Å². The molecule has 1 aliphatic rings. The molecule has 1 amide bonds. The van der Waals surface area contributed by atoms with Gasteiger partial charge in [0.15, 0.2) is 16.9 Å². The van der Waals surface area contributed by atoms with Crippen molar-refractivity contribution >= 4 is 32.8 Å². The number of ether oxygens (including phenoxy) is 2. The van der Waals surface area contributed by atoms with Crippen LogP contribution < -0.4 is 14.9 Å². The first-order chi connectivity index (χ1) is 16.5. The van der Waals surface area contributed by atoms with Crippen molar-refractivity contribution in [3.05, 3.63) is 104 Å². The van der Waals surface area contributed by atoms with Crippen LogP contribution in [0.3, 0.4) is 0 Å². The van der Waals surface area contributed by atoms with Crippen LogP contribution in [-0.4, -0.2) is 31.6 Å². The minimum Gasteiger partial charge on any atom is -0.493 e. The van der Waals surface area contributed by atoms with E-state index in [1.165, 1.54) is 0 Å². The number of fused-ring (bicyclic) bond motifs is 2. The number of carbonyl (C=O) groups excluding carboxylic acids is 1. The average Bonchev–Trinajstić information content (AvgIpc) is 3.14. The van der Waals surface area contributed by atoms with Crippen molar-refractivity contribution in [2.45, 2.75) is 12.5 Å². The minimum atomic E-state index is -0.531. The lowest BCUT2D eigenvalue weighted by Crippen LogP contribution is -2.31. The van der Waals surface area contributed by atoms with Crippen molar-refractivity contribution in [1.29, 1.82) is 0 Å². The molecule has 0 fully saturated rings. The van der Waals surface area contributed by atoms with E-state index in [4.69, 9.17) is 13.9 Å². The Morgan fingerprint density at radius 3 is 2.41 bits per heavy atom. The van der Waals surface area contributed by atoms with Gasteiger partial charge in [0.25, 0.3) is 5.91 Å². The number of carbonyl (C=O) groups is 1. The zero-order chi connectivity index (χ0) is 23.8. The standard InChI is InChI=1S/C27H22BrNO5/c1-32-21-12-7-16(15-22(21)33-2)13-14-29-24(17-8-10-18(28)11-9-17)23-25(30)19-5-3-4-6-20(19)34-26(23)27(29)31/h3-12,15,24H,13-14H2,1-2H3. The van der Waals surface area contributed by atoms with Crippen LogP contribution >= 0.6 is 15.9 Å². The summed E-state index contributed by atoms with van der Waals surface area (Å²) in [5.74, 6) is 1.10. The zero-order valence-corrected chi connectivity index (χ0v) is 20.3. The van der Waals surface area contributed by atoms with Crippen LogP contribution in [0.4, 0.5) is 0 Å². The molecule has 4 aromatic rings. The van der Waals surface area contributed by atoms with E-state index in [2.05, 4.69) is 15.9 Å². The fourth-order valence-electron chi connectivity index (χ4n) is 4.48. The number of halogens is 1. The number of methoxy groups -OCH3 is 2. The Hall–Kier alpha value is -3.58. The van der Waals surface area contributed by atoms with Crippen LogP contribution in [0.5, 0.6) is 11.5 Å². The second-order valence-corrected chi connectivity index (χ2v) is 8.98. The SMILES string of the molecule is COc1ccc(CCN2C(=O)c3oc4ccccc4c(=O)c3C2c2ccc(Br)cc2)cc1OC. The Morgan fingerprint density at radius 1 is 0.941 bits per heavy atom. The summed E-state index contributed by atoms with van der Waals surface area (Å²) >= 11 is 3.46. The maximum absolute atomic E-state index is 13.5. The van der Waals surface area contributed by atoms with Gasteiger partial charge >= 0.3 is 0 Å². The second-order valence-electron chi connectivity index (χ2n) is 8.06. The molecule has 34 heavy (non-hydrogen) atoms. The molecule has 0 spiro atoms. The summed E-state index contributed by atoms with van der Waals surface area (Å²) in [6, 6.07) is 19.9. The molecule has 0 aliphatic carbocycles. The van der Waals surface area contributed by atoms with Crippen LogP contribution in [0.1, 0.15) is 33.3 Å². The number of hydrogen-bond acceptors (Lipinski definition) is 5. The van der Waals surface area contributed by atoms with Gasteiger partial charge in [-0.1, -0.05) is 46.3 Å². The number of rotatable bonds is 6. The molecular weight excluding hydrogens is 498 g/mol. The van der Waals surface area contributed by atoms with Crippen LogP contribution in [0.25, 0.3) is 11.0 Å². The fourth-order valence-corrected chi connectivity index (χ4v) is 4.74. The van der Waals surface area contributed by atoms with E-state index in [-0.39, 0.29) is 17.1 Å². The van der Waals surface area contributed by atoms with Gasteiger partial charge in [-0.05, 0) is 53.9 Å². The molecule has 7 heteroatoms. The number of hydrogen-bond donors (Lipinski definition) is 0. The predicted octanol–water partition coefficient (Wildman–Crippen LogP) is 5.36. The molecule has 2 heterocycles. The number of amides is 1. The van der Waals surface area contributed by atoms with Gasteiger partial charge in [-0.3, -0.25) is 9.59 Å². The summed E-state index contributed by atoms with van der Waals surface area (Å²) in [6.45, 7) is 0.398. The molecule has 1 aromatic heterocycles. The van der Waals surface area contributed by atoms with Crippen molar-refractivity contribution in [1.82, 2.24) is 4.90 Å². The summed E-state index contributed by atoms with van der Waals surface area (Å²) < 4.78 is 17.6. The van der Waals surface area contributed by atoms with Gasteiger partial charge in [0.2, 0.25) is 5.76 Å². The molecule has 0 radical (unpaired) electrons. The molecule has 0 N–H and O–H groups in total. The Bertz CT molecular complexity index is 1440. The van der Waals surface area contributed by atoms with Crippen molar-refractivity contribution < 1.29 is 18.7 Å². The van der Waals surface area contributed by atoms with E-state index in [0.717, 1.165) is 15.6 Å². The normalized spacial score (nSPS) is 15.0. The highest BCUT2D eigenvalue weighted by Gasteiger charge is 2.42. The lowest BCUT2D eigenvalue weighted by atomic mass is 9.98. The lowest BCUT2D eigenvalue weighted by molar-refractivity contribution is 0.0730. The Labute approximate surface area is 204 Å². The van der Waals surface area contributed by atoms with Gasteiger partial charge in [-0.15, -0.1) is 0 Å². The number of para-hydroxylation sites is 1. The van der Waals surface area contributed by atoms with Crippen molar-refractivity contribution in [2.24, 2.45) is 0 Å². The van der Waals surface area contributed by atoms with Gasteiger partial charge in [0, 0.05) is 11.0 Å². The Morgan fingerprint density at radius 2 is 1.68 bits per heavy atom. The Balaban J connectivity index is 1.57. The highest BCUT2D eigenvalue weighted by Crippen LogP contribution is 2.38. The topological polar surface area (TPSA) is 69.0 Å². The van der Waals surface area contributed by atoms with Gasteiger partial charge in [0.1, 0.15) is 5.58 Å². The van der Waals surface area contributed by atoms with Gasteiger partial charge in [-0.25, -0.2) is 0 Å². The van der Waals surface area contributed by atoms with E-state index < -0.39 is 6.04 Å². The minimum absolute atomic E-state index is 0.115. The summed E-state index contributed by atoms with van der Waals surface area (Å²) in [5, 5.41) is 0.470. The van der Waals surface area contributed by atoms with Crippen LogP contribution in [0.2, 0.25) is 0 Å². The third kappa shape index (κ3) is 3.76. The zero-order valence-electron chi connectivity index (χ0n) is 18.7. The van der Waals surface area contributed by atoms with E-state index in [0.29, 0.717) is 41.0 Å². The van der Waals surface area contributed by atoms with E-state index in [1.54, 1.807) is 43.4 Å². The van der Waals surface area contributed by atoms with Gasteiger partial charge in [-0.2, -0.15) is 0 Å². The number of benzene rings is 3. The van der Waals surface area contributed by atoms with Crippen molar-refractivity contribution in [3.63, 3.8) is 0 Å². The average molecular weight is 520 g/mol. The van der Waals surface area contributed by atoms with Crippen LogP contribution in [-0.2, 0) is 6.42 Å². The largest absolute Gasteiger partial charge is 0.493 e. The molecule has 1 unspecified atom stereocenters. The Kier molecular flexibility index (Phi) is 5.87. The van der Waals surface area contributed by atoms with E-state index in [9.17, 15) is 9.59 Å². The summed E-state index contributed by atoms with van der Waals surface area (Å²) in [5.41, 5.74) is 2.46. The first-order valence-electron chi connectivity index (χ1n) is 10.8. The van der Waals surface area contributed by atoms with Gasteiger partial charge in [0.05, 0.1) is 31.2 Å². The molecule has 0 saturated carbocycles. The molecule has 6 nitrogen and oxygen atoms in total. The summed E-state index contributed by atoms with van der Waals surface area (Å²) in [7, 11) is 3.18. The molecule has 172 valence electrons. The first kappa shape index (κ1) is 22.2. The van der Waals surface area contributed by atoms with Crippen LogP contribution in [0, 0.1) is 0 Å². The van der Waals surface area contributed by atoms with Crippen molar-refractivity contribution in [3.8, 4) is 11.5 Å². The molecule has 1 atom stereocenters. The molecule has 5 rings (SSSR count). The lowest BCUT2D eigenvalue weighted by Gasteiger charge is -2.25. The maximum Gasteiger partial charge on any atom is 0.290 e. The monoisotopic (exact) mass is 519 g/mol. The van der Waals surface area contributed by atoms with Crippen molar-refractivity contribution in [2.75, 3.05) is 20.8 Å². The first-order valence-corrected chi connectivity index (χ1v) is 11.6. The third-order valence-electron chi connectivity index (χ3n) is 6.15. The van der Waals surface area contributed by atoms with E-state index >= 15 is 0 Å². The smallest absolute Gasteiger partial charge is 0.290 e. The molecule has 3 aromatic carbocycles. The summed E-state index contributed by atoms with van der Waals surface area (Å²) in [6.07, 6.45) is 0.570. The highest BCUT2D eigenvalue weighted by molar-refractivity contribution is 9.10. The summed E-state index contributed by atoms with van der Waals surface area (Å²) in [4.78, 5) is 28.8. The molecular formula is C27H22BrNO5. The highest BCUT2D eigenvalue weighted by atomic mass is 79.9. The van der Waals surface area contributed by atoms with E-state index in [1.807, 2.05) is 42.5 Å². The second kappa shape index (κ2) is 8.99. The third-order valence-corrected chi connectivity index (χ3v) is 6.68. The molecule has 1 aliphatic heterocycles. The van der Waals surface area contributed by atoms with Gasteiger partial charge < -0.3 is 18.8 Å². The maximum atomic E-state index is 13.5.